The molecule has 1 aromatic heterocycles. The van der Waals surface area contributed by atoms with Crippen molar-refractivity contribution in [3.8, 4) is 0 Å². The van der Waals surface area contributed by atoms with E-state index < -0.39 is 228 Å². The van der Waals surface area contributed by atoms with Crippen LogP contribution in [0.15, 0.2) is 60.8 Å². The standard InChI is InChI=1S/C78H124N24O17S2/c1-8-43(6)64-77(119)95-50(24-14-16-30-79)68(110)93-53(28-29-59(82)104)70(112)99-57(65(84)107)39-120-121-40-58(90-44(7)103)74(116)92-52(27-19-33-87-78(85)86)69(111)97-55(35-46-37-88-48-23-13-12-22-47(46)48)73(115)101-62(41(2)3)75(117)94-51(25-15-17-31-80)71(113)100-63(42(4)5)76(118)98-56(36-60(83)105)66(108)89-38-61(106)91-49(26-18-32-81)67(109)96-54(72(114)102-64)34-45-20-10-9-11-21-45/h9-13,20-23,37,41-43,49-58,62-64,88H,8,14-19,24-36,38-40,79-81H2,1-7H3,(H2,82,104)(H2,83,105)(H2,84,107)(H,89,108)(H,90,103)(H,91,106)(H,92,116)(H,93,110)(H,94,117)(H,95,119)(H,96,109)(H,97,111)(H,98,118)(H,99,112)(H,100,113)(H,101,115)(H,102,114)(H4,85,86,87)/t43-,49-,50-,51-,52-,53-,54-,55-,56-,57-,58-,62-,63-,64+/m0/s1. The topological polar surface area (TPSA) is 692 Å². The van der Waals surface area contributed by atoms with Gasteiger partial charge in [-0.25, -0.2) is 0 Å². The highest BCUT2D eigenvalue weighted by atomic mass is 33.1. The van der Waals surface area contributed by atoms with Gasteiger partial charge in [0, 0.05) is 61.3 Å². The number of hydrogen-bond donors (Lipinski definition) is 24. The van der Waals surface area contributed by atoms with Crippen LogP contribution in [0.2, 0.25) is 0 Å². The number of nitrogens with two attached hydrogens (primary N) is 7. The van der Waals surface area contributed by atoms with Gasteiger partial charge < -0.3 is 125 Å². The summed E-state index contributed by atoms with van der Waals surface area (Å²) in [6.07, 6.45) is 0.602. The number of hydrogen-bond acceptors (Lipinski definition) is 23. The monoisotopic (exact) mass is 1730 g/mol. The first-order valence-corrected chi connectivity index (χ1v) is 43.0. The average Bonchev–Trinajstić information content (AvgIpc) is 1.75. The van der Waals surface area contributed by atoms with Crippen molar-refractivity contribution < 1.29 is 81.5 Å². The van der Waals surface area contributed by atoms with E-state index in [1.54, 1.807) is 102 Å². The fourth-order valence-electron chi connectivity index (χ4n) is 12.7. The van der Waals surface area contributed by atoms with Crippen molar-refractivity contribution in [3.63, 3.8) is 0 Å². The maximum Gasteiger partial charge on any atom is 0.244 e. The van der Waals surface area contributed by atoms with E-state index in [-0.39, 0.29) is 108 Å². The lowest BCUT2D eigenvalue weighted by atomic mass is 9.96. The molecule has 3 aromatic rings. The van der Waals surface area contributed by atoms with Gasteiger partial charge in [-0.1, -0.05) is 118 Å². The Balaban J connectivity index is 1.89. The van der Waals surface area contributed by atoms with Crippen LogP contribution in [0.4, 0.5) is 0 Å². The Labute approximate surface area is 710 Å². The lowest BCUT2D eigenvalue weighted by Gasteiger charge is -2.30. The van der Waals surface area contributed by atoms with Crippen LogP contribution < -0.4 is 120 Å². The molecule has 0 unspecified atom stereocenters. The molecule has 14 atom stereocenters. The number of nitrogens with one attached hydrogen (secondary N) is 17. The third-order valence-corrected chi connectivity index (χ3v) is 22.2. The zero-order chi connectivity index (χ0) is 90.0. The second kappa shape index (κ2) is 53.5. The van der Waals surface area contributed by atoms with Crippen LogP contribution in [-0.2, 0) is 94.3 Å². The van der Waals surface area contributed by atoms with Gasteiger partial charge in [-0.05, 0) is 125 Å². The molecule has 1 saturated heterocycles. The second-order valence-electron chi connectivity index (χ2n) is 30.3. The lowest BCUT2D eigenvalue weighted by molar-refractivity contribution is -0.137. The maximum atomic E-state index is 15.1. The fraction of sp³-hybridized carbons (Fsp3) is 0.590. The van der Waals surface area contributed by atoms with Crippen LogP contribution in [0.5, 0.6) is 0 Å². The summed E-state index contributed by atoms with van der Waals surface area (Å²) in [6, 6.07) is -4.21. The number of guanidine groups is 1. The van der Waals surface area contributed by atoms with Crippen LogP contribution in [0, 0.1) is 23.2 Å². The highest BCUT2D eigenvalue weighted by molar-refractivity contribution is 8.76. The van der Waals surface area contributed by atoms with E-state index in [4.69, 9.17) is 45.5 Å². The van der Waals surface area contributed by atoms with Gasteiger partial charge in [0.15, 0.2) is 5.96 Å². The van der Waals surface area contributed by atoms with Gasteiger partial charge in [0.1, 0.15) is 78.5 Å². The zero-order valence-electron chi connectivity index (χ0n) is 69.6. The molecule has 0 aliphatic carbocycles. The normalized spacial score (nSPS) is 23.9. The molecule has 31 N–H and O–H groups in total. The third-order valence-electron chi connectivity index (χ3n) is 19.7. The Hall–Kier alpha value is -11.2. The molecule has 670 valence electrons. The lowest BCUT2D eigenvalue weighted by Crippen LogP contribution is -2.62. The number of fused-ring (bicyclic) bond motifs is 1. The van der Waals surface area contributed by atoms with Crippen molar-refractivity contribution in [3.05, 3.63) is 71.9 Å². The number of H-pyrrole nitrogens is 1. The summed E-state index contributed by atoms with van der Waals surface area (Å²) in [5.41, 5.74) is 41.9. The Kier molecular flexibility index (Phi) is 45.1. The number of aromatic nitrogens is 1. The smallest absolute Gasteiger partial charge is 0.244 e. The Morgan fingerprint density at radius 2 is 0.917 bits per heavy atom. The summed E-state index contributed by atoms with van der Waals surface area (Å²) >= 11 is 0. The van der Waals surface area contributed by atoms with Crippen molar-refractivity contribution >= 4 is 139 Å². The van der Waals surface area contributed by atoms with Gasteiger partial charge in [-0.2, -0.15) is 0 Å². The molecular weight excluding hydrogens is 1610 g/mol. The minimum absolute atomic E-state index is 0.0132. The maximum absolute atomic E-state index is 15.1. The molecule has 0 saturated carbocycles. The number of carbonyl (C=O) groups excluding carboxylic acids is 17. The molecule has 121 heavy (non-hydrogen) atoms. The van der Waals surface area contributed by atoms with Gasteiger partial charge in [-0.15, -0.1) is 0 Å². The Bertz CT molecular complexity index is 4030. The summed E-state index contributed by atoms with van der Waals surface area (Å²) in [4.78, 5) is 244. The van der Waals surface area contributed by atoms with E-state index in [1.807, 2.05) is 0 Å². The molecule has 0 spiro atoms. The molecule has 1 aliphatic rings. The van der Waals surface area contributed by atoms with Crippen LogP contribution in [0.1, 0.15) is 149 Å². The molecular formula is C78H124N24O17S2. The number of unbranched alkanes of at least 4 members (excludes halogenated alkanes) is 2. The summed E-state index contributed by atoms with van der Waals surface area (Å²) < 4.78 is 0. The van der Waals surface area contributed by atoms with E-state index in [9.17, 15) is 76.7 Å². The van der Waals surface area contributed by atoms with Crippen LogP contribution >= 0.6 is 21.6 Å². The molecule has 1 fully saturated rings. The van der Waals surface area contributed by atoms with E-state index in [2.05, 4.69) is 84.7 Å². The van der Waals surface area contributed by atoms with Gasteiger partial charge in [-0.3, -0.25) is 86.9 Å². The second-order valence-corrected chi connectivity index (χ2v) is 32.8. The SMILES string of the molecule is CC[C@H](C)[C@H]1NC(=O)[C@H](Cc2ccccc2)NC(=O)[C@H](CCCN)NC(=O)CNC(=O)[C@H](CC(N)=O)NC(=O)[C@H](C(C)C)NC(=O)[C@H](CCCCN)NC(=O)[C@H](C(C)C)NC(=O)[C@H](Cc2c[nH]c3ccccc23)NC(=O)[C@H](CCCNC(=N)N)NC(=O)[C@@H](NC(C)=O)CSSC[C@@H](C(N)=O)NC(=O)[C@H](CCC(N)=O)NC(=O)[C@H](CCCCN)NC1=O. The summed E-state index contributed by atoms with van der Waals surface area (Å²) in [5.74, 6) is -19.3. The Morgan fingerprint density at radius 3 is 1.44 bits per heavy atom. The van der Waals surface area contributed by atoms with Crippen molar-refractivity contribution in [2.24, 2.45) is 57.9 Å². The molecule has 17 amide bonds. The molecule has 0 bridgehead atoms. The molecule has 2 aromatic carbocycles. The van der Waals surface area contributed by atoms with E-state index >= 15 is 4.79 Å². The molecule has 43 heteroatoms. The quantitative estimate of drug-likeness (QED) is 0.0129. The molecule has 41 nitrogen and oxygen atoms in total. The Morgan fingerprint density at radius 1 is 0.471 bits per heavy atom. The first-order valence-electron chi connectivity index (χ1n) is 40.5. The van der Waals surface area contributed by atoms with Crippen molar-refractivity contribution in [2.75, 3.05) is 44.2 Å². The molecule has 1 aliphatic heterocycles. The highest BCUT2D eigenvalue weighted by Gasteiger charge is 2.40. The molecule has 2 heterocycles. The number of amides is 17. The van der Waals surface area contributed by atoms with Crippen LogP contribution in [0.25, 0.3) is 10.9 Å². The predicted molar refractivity (Wildman–Crippen MR) is 455 cm³/mol. The average molecular weight is 1730 g/mol. The minimum atomic E-state index is -1.79. The molecule has 4 rings (SSSR count). The van der Waals surface area contributed by atoms with E-state index in [0.717, 1.165) is 28.5 Å². The van der Waals surface area contributed by atoms with Crippen LogP contribution in [0.3, 0.4) is 0 Å². The minimum Gasteiger partial charge on any atom is -0.370 e. The molecule has 0 radical (unpaired) electrons. The number of para-hydroxylation sites is 1. The number of primary amides is 3. The van der Waals surface area contributed by atoms with Gasteiger partial charge in [0.25, 0.3) is 0 Å². The number of carbonyl (C=O) groups is 17. The number of rotatable bonds is 30. The van der Waals surface area contributed by atoms with E-state index in [1.165, 1.54) is 0 Å². The highest BCUT2D eigenvalue weighted by Crippen LogP contribution is 2.25. The predicted octanol–water partition coefficient (Wildman–Crippen LogP) is -4.97. The van der Waals surface area contributed by atoms with Gasteiger partial charge in [0.2, 0.25) is 100 Å². The first kappa shape index (κ1) is 102. The summed E-state index contributed by atoms with van der Waals surface area (Å²) in [5, 5.41) is 47.5. The van der Waals surface area contributed by atoms with E-state index in [0.29, 0.717) is 34.9 Å². The fourth-order valence-corrected chi connectivity index (χ4v) is 15.1. The van der Waals surface area contributed by atoms with Crippen molar-refractivity contribution in [1.29, 1.82) is 5.41 Å². The number of aromatic amines is 1. The third kappa shape index (κ3) is 36.4. The van der Waals surface area contributed by atoms with Gasteiger partial charge in [0.05, 0.1) is 13.0 Å². The number of benzene rings is 2. The van der Waals surface area contributed by atoms with Crippen molar-refractivity contribution in [1.82, 2.24) is 84.7 Å². The first-order chi connectivity index (χ1) is 57.4. The van der Waals surface area contributed by atoms with Crippen molar-refractivity contribution in [2.45, 2.75) is 230 Å². The summed E-state index contributed by atoms with van der Waals surface area (Å²) in [6.45, 7) is 10.3. The zero-order valence-corrected chi connectivity index (χ0v) is 71.2. The largest absolute Gasteiger partial charge is 0.370 e. The summed E-state index contributed by atoms with van der Waals surface area (Å²) in [7, 11) is 1.82. The van der Waals surface area contributed by atoms with Crippen LogP contribution in [-0.4, -0.2) is 234 Å². The van der Waals surface area contributed by atoms with Gasteiger partial charge >= 0.3 is 0 Å².